The summed E-state index contributed by atoms with van der Waals surface area (Å²) in [6.07, 6.45) is 0. The van der Waals surface area contributed by atoms with Crippen LogP contribution in [0.5, 0.6) is 5.75 Å². The van der Waals surface area contributed by atoms with Gasteiger partial charge in [0, 0.05) is 17.1 Å². The van der Waals surface area contributed by atoms with Crippen molar-refractivity contribution in [3.63, 3.8) is 0 Å². The Bertz CT molecular complexity index is 638. The Hall–Kier alpha value is -2.10. The fourth-order valence-electron chi connectivity index (χ4n) is 1.94. The summed E-state index contributed by atoms with van der Waals surface area (Å²) in [7, 11) is 0. The molecule has 1 N–H and O–H groups in total. The van der Waals surface area contributed by atoms with Gasteiger partial charge in [-0.15, -0.1) is 0 Å². The van der Waals surface area contributed by atoms with Crippen molar-refractivity contribution in [2.75, 3.05) is 6.61 Å². The monoisotopic (exact) mass is 286 g/mol. The molecule has 4 nitrogen and oxygen atoms in total. The van der Waals surface area contributed by atoms with Crippen LogP contribution in [0.25, 0.3) is 10.9 Å². The van der Waals surface area contributed by atoms with E-state index in [0.29, 0.717) is 11.7 Å². The number of fused-ring (bicyclic) bond motifs is 1. The van der Waals surface area contributed by atoms with E-state index in [0.717, 1.165) is 16.6 Å². The number of carbonyl (C=O) groups excluding carboxylic acids is 1. The molecule has 1 atom stereocenters. The molecule has 1 amide bonds. The molecule has 0 saturated carbocycles. The van der Waals surface area contributed by atoms with E-state index in [-0.39, 0.29) is 18.6 Å². The van der Waals surface area contributed by atoms with E-state index in [1.807, 2.05) is 44.2 Å². The predicted molar refractivity (Wildman–Crippen MR) is 84.4 cm³/mol. The molecular weight excluding hydrogens is 264 g/mol. The van der Waals surface area contributed by atoms with Crippen LogP contribution in [0.4, 0.5) is 0 Å². The molecule has 112 valence electrons. The van der Waals surface area contributed by atoms with Gasteiger partial charge in [0.1, 0.15) is 11.3 Å². The van der Waals surface area contributed by atoms with Crippen LogP contribution in [0.3, 0.4) is 0 Å². The van der Waals surface area contributed by atoms with E-state index < -0.39 is 0 Å². The van der Waals surface area contributed by atoms with Crippen LogP contribution < -0.4 is 10.1 Å². The Morgan fingerprint density at radius 2 is 2.00 bits per heavy atom. The van der Waals surface area contributed by atoms with Gasteiger partial charge in [-0.1, -0.05) is 32.0 Å². The molecule has 21 heavy (non-hydrogen) atoms. The first-order chi connectivity index (χ1) is 9.97. The minimum Gasteiger partial charge on any atom is -0.481 e. The second kappa shape index (κ2) is 6.57. The number of hydrogen-bond donors (Lipinski definition) is 1. The van der Waals surface area contributed by atoms with Gasteiger partial charge in [0.15, 0.2) is 6.61 Å². The van der Waals surface area contributed by atoms with E-state index in [2.05, 4.69) is 24.1 Å². The number of carbonyl (C=O) groups is 1. The Morgan fingerprint density at radius 3 is 2.71 bits per heavy atom. The standard InChI is InChI=1S/C17H22N2O2/c1-11(2)13(4)19-16(20)10-21-15-7-5-6-14-9-8-12(3)18-17(14)15/h5-9,11,13H,10H2,1-4H3,(H,19,20). The maximum absolute atomic E-state index is 11.9. The van der Waals surface area contributed by atoms with E-state index >= 15 is 0 Å². The molecule has 0 radical (unpaired) electrons. The van der Waals surface area contributed by atoms with Crippen LogP contribution in [0.2, 0.25) is 0 Å². The molecule has 0 aliphatic carbocycles. The van der Waals surface area contributed by atoms with Gasteiger partial charge < -0.3 is 10.1 Å². The first-order valence-corrected chi connectivity index (χ1v) is 7.26. The van der Waals surface area contributed by atoms with Crippen molar-refractivity contribution in [3.8, 4) is 5.75 Å². The molecule has 0 spiro atoms. The SMILES string of the molecule is Cc1ccc2cccc(OCC(=O)NC(C)C(C)C)c2n1. The van der Waals surface area contributed by atoms with Crippen molar-refractivity contribution in [3.05, 3.63) is 36.0 Å². The van der Waals surface area contributed by atoms with Crippen LogP contribution in [-0.2, 0) is 4.79 Å². The third-order valence-corrected chi connectivity index (χ3v) is 3.57. The fraction of sp³-hybridized carbons (Fsp3) is 0.412. The highest BCUT2D eigenvalue weighted by molar-refractivity contribution is 5.85. The Balaban J connectivity index is 2.07. The number of ether oxygens (including phenoxy) is 1. The van der Waals surface area contributed by atoms with Crippen LogP contribution in [0, 0.1) is 12.8 Å². The van der Waals surface area contributed by atoms with Crippen molar-refractivity contribution in [2.24, 2.45) is 5.92 Å². The molecule has 2 rings (SSSR count). The quantitative estimate of drug-likeness (QED) is 0.919. The minimum atomic E-state index is -0.110. The van der Waals surface area contributed by atoms with Gasteiger partial charge >= 0.3 is 0 Å². The summed E-state index contributed by atoms with van der Waals surface area (Å²) >= 11 is 0. The predicted octanol–water partition coefficient (Wildman–Crippen LogP) is 3.08. The second-order valence-corrected chi connectivity index (χ2v) is 5.67. The van der Waals surface area contributed by atoms with Crippen LogP contribution in [0.1, 0.15) is 26.5 Å². The summed E-state index contributed by atoms with van der Waals surface area (Å²) in [4.78, 5) is 16.4. The number of hydrogen-bond acceptors (Lipinski definition) is 3. The molecule has 0 aliphatic rings. The molecule has 1 unspecified atom stereocenters. The van der Waals surface area contributed by atoms with Crippen LogP contribution in [-0.4, -0.2) is 23.5 Å². The normalized spacial score (nSPS) is 12.4. The van der Waals surface area contributed by atoms with Gasteiger partial charge in [-0.2, -0.15) is 0 Å². The zero-order valence-corrected chi connectivity index (χ0v) is 13.0. The van der Waals surface area contributed by atoms with Gasteiger partial charge in [0.05, 0.1) is 0 Å². The van der Waals surface area contributed by atoms with Crippen molar-refractivity contribution in [2.45, 2.75) is 33.7 Å². The molecule has 0 aliphatic heterocycles. The number of benzene rings is 1. The Kier molecular flexibility index (Phi) is 4.78. The van der Waals surface area contributed by atoms with Crippen molar-refractivity contribution < 1.29 is 9.53 Å². The van der Waals surface area contributed by atoms with Gasteiger partial charge in [-0.3, -0.25) is 4.79 Å². The highest BCUT2D eigenvalue weighted by Gasteiger charge is 2.12. The van der Waals surface area contributed by atoms with Crippen molar-refractivity contribution in [1.82, 2.24) is 10.3 Å². The molecule has 1 heterocycles. The summed E-state index contributed by atoms with van der Waals surface area (Å²) in [5.74, 6) is 0.931. The molecule has 2 aromatic rings. The molecule has 1 aromatic carbocycles. The second-order valence-electron chi connectivity index (χ2n) is 5.67. The smallest absolute Gasteiger partial charge is 0.258 e. The lowest BCUT2D eigenvalue weighted by atomic mass is 10.1. The number of aromatic nitrogens is 1. The van der Waals surface area contributed by atoms with Gasteiger partial charge in [0.25, 0.3) is 5.91 Å². The first kappa shape index (κ1) is 15.3. The third-order valence-electron chi connectivity index (χ3n) is 3.57. The summed E-state index contributed by atoms with van der Waals surface area (Å²) in [6.45, 7) is 8.08. The van der Waals surface area contributed by atoms with Crippen molar-refractivity contribution >= 4 is 16.8 Å². The molecule has 0 fully saturated rings. The van der Waals surface area contributed by atoms with E-state index in [4.69, 9.17) is 4.74 Å². The number of nitrogens with zero attached hydrogens (tertiary/aromatic N) is 1. The average molecular weight is 286 g/mol. The third kappa shape index (κ3) is 3.94. The fourth-order valence-corrected chi connectivity index (χ4v) is 1.94. The van der Waals surface area contributed by atoms with Crippen molar-refractivity contribution in [1.29, 1.82) is 0 Å². The average Bonchev–Trinajstić information content (AvgIpc) is 2.44. The maximum Gasteiger partial charge on any atom is 0.258 e. The Morgan fingerprint density at radius 1 is 1.24 bits per heavy atom. The molecular formula is C17H22N2O2. The first-order valence-electron chi connectivity index (χ1n) is 7.26. The molecule has 0 bridgehead atoms. The topological polar surface area (TPSA) is 51.2 Å². The zero-order valence-electron chi connectivity index (χ0n) is 13.0. The largest absolute Gasteiger partial charge is 0.481 e. The Labute approximate surface area is 125 Å². The number of rotatable bonds is 5. The number of aryl methyl sites for hydroxylation is 1. The summed E-state index contributed by atoms with van der Waals surface area (Å²) < 4.78 is 5.64. The summed E-state index contributed by atoms with van der Waals surface area (Å²) in [5, 5.41) is 3.93. The number of nitrogens with one attached hydrogen (secondary N) is 1. The van der Waals surface area contributed by atoms with Gasteiger partial charge in [-0.25, -0.2) is 4.98 Å². The van der Waals surface area contributed by atoms with E-state index in [1.54, 1.807) is 0 Å². The molecule has 1 aromatic heterocycles. The number of amides is 1. The molecule has 4 heteroatoms. The lowest BCUT2D eigenvalue weighted by Gasteiger charge is -2.17. The summed E-state index contributed by atoms with van der Waals surface area (Å²) in [5.41, 5.74) is 1.72. The lowest BCUT2D eigenvalue weighted by molar-refractivity contribution is -0.123. The zero-order chi connectivity index (χ0) is 15.4. The molecule has 0 saturated heterocycles. The van der Waals surface area contributed by atoms with Gasteiger partial charge in [0.2, 0.25) is 0 Å². The van der Waals surface area contributed by atoms with Gasteiger partial charge in [-0.05, 0) is 31.9 Å². The van der Waals surface area contributed by atoms with Crippen LogP contribution >= 0.6 is 0 Å². The lowest BCUT2D eigenvalue weighted by Crippen LogP contribution is -2.38. The van der Waals surface area contributed by atoms with E-state index in [1.165, 1.54) is 0 Å². The minimum absolute atomic E-state index is 0.00575. The highest BCUT2D eigenvalue weighted by atomic mass is 16.5. The highest BCUT2D eigenvalue weighted by Crippen LogP contribution is 2.23. The summed E-state index contributed by atoms with van der Waals surface area (Å²) in [6, 6.07) is 9.83. The van der Waals surface area contributed by atoms with E-state index in [9.17, 15) is 4.79 Å². The van der Waals surface area contributed by atoms with Crippen LogP contribution in [0.15, 0.2) is 30.3 Å². The number of pyridine rings is 1. The number of para-hydroxylation sites is 1. The maximum atomic E-state index is 11.9.